The van der Waals surface area contributed by atoms with Crippen LogP contribution in [0, 0.1) is 11.8 Å². The maximum atomic E-state index is 11.5. The first-order valence-corrected chi connectivity index (χ1v) is 5.56. The van der Waals surface area contributed by atoms with Crippen LogP contribution in [0.5, 0.6) is 0 Å². The third kappa shape index (κ3) is 9.85. The van der Waals surface area contributed by atoms with Crippen molar-refractivity contribution in [2.75, 3.05) is 0 Å². The summed E-state index contributed by atoms with van der Waals surface area (Å²) in [5.41, 5.74) is -0.558. The number of esters is 1. The number of carbonyl (C=O) groups excluding carboxylic acids is 1. The normalized spacial score (nSPS) is 12.8. The average Bonchev–Trinajstić information content (AvgIpc) is 1.97. The second-order valence-corrected chi connectivity index (χ2v) is 5.46. The summed E-state index contributed by atoms with van der Waals surface area (Å²) in [7, 11) is 0. The fraction of sp³-hybridized carbons (Fsp3) is 0.846. The highest BCUT2D eigenvalue weighted by molar-refractivity contribution is 5.78. The first kappa shape index (κ1) is 18.3. The van der Waals surface area contributed by atoms with E-state index in [9.17, 15) is 9.59 Å². The lowest BCUT2D eigenvalue weighted by molar-refractivity contribution is -0.160. The maximum absolute atomic E-state index is 11.5. The van der Waals surface area contributed by atoms with Gasteiger partial charge in [0.05, 0.1) is 12.3 Å². The Morgan fingerprint density at radius 1 is 1.24 bits per heavy atom. The largest absolute Gasteiger partial charge is 0.481 e. The predicted octanol–water partition coefficient (Wildman–Crippen LogP) is 3.10. The van der Waals surface area contributed by atoms with Gasteiger partial charge < -0.3 is 9.84 Å². The molecule has 0 aliphatic rings. The Morgan fingerprint density at radius 2 is 1.71 bits per heavy atom. The van der Waals surface area contributed by atoms with Crippen LogP contribution in [0.1, 0.15) is 54.9 Å². The molecule has 4 heteroatoms. The molecule has 0 unspecified atom stereocenters. The van der Waals surface area contributed by atoms with Gasteiger partial charge >= 0.3 is 11.9 Å². The van der Waals surface area contributed by atoms with Crippen molar-refractivity contribution in [2.24, 2.45) is 11.8 Å². The Kier molecular flexibility index (Phi) is 7.86. The summed E-state index contributed by atoms with van der Waals surface area (Å²) in [4.78, 5) is 22.4. The minimum Gasteiger partial charge on any atom is -0.481 e. The van der Waals surface area contributed by atoms with E-state index in [-0.39, 0.29) is 19.8 Å². The standard InChI is InChI=1S/C12H22O4.CH4/c1-8(2)6-9(11(14)15)7-10(13)16-12(3,4)5;/h8-9H,6-7H2,1-5H3,(H,14,15);1H4/t9-;/m1./s1. The van der Waals surface area contributed by atoms with Gasteiger partial charge in [-0.05, 0) is 33.1 Å². The second-order valence-electron chi connectivity index (χ2n) is 5.46. The lowest BCUT2D eigenvalue weighted by Gasteiger charge is -2.21. The summed E-state index contributed by atoms with van der Waals surface area (Å²) in [5.74, 6) is -1.77. The van der Waals surface area contributed by atoms with Crippen LogP contribution in [0.25, 0.3) is 0 Å². The molecule has 1 atom stereocenters. The minimum absolute atomic E-state index is 0. The van der Waals surface area contributed by atoms with Crippen molar-refractivity contribution in [1.82, 2.24) is 0 Å². The molecule has 102 valence electrons. The molecule has 0 aromatic heterocycles. The first-order chi connectivity index (χ1) is 7.11. The molecule has 0 spiro atoms. The van der Waals surface area contributed by atoms with Gasteiger partial charge in [0.25, 0.3) is 0 Å². The molecule has 0 amide bonds. The number of hydrogen-bond acceptors (Lipinski definition) is 3. The molecule has 4 nitrogen and oxygen atoms in total. The zero-order valence-corrected chi connectivity index (χ0v) is 10.7. The van der Waals surface area contributed by atoms with Crippen LogP contribution in [0.4, 0.5) is 0 Å². The highest BCUT2D eigenvalue weighted by atomic mass is 16.6. The highest BCUT2D eigenvalue weighted by Gasteiger charge is 2.25. The summed E-state index contributed by atoms with van der Waals surface area (Å²) in [6.45, 7) is 9.17. The molecule has 0 aromatic carbocycles. The van der Waals surface area contributed by atoms with Gasteiger partial charge in [-0.3, -0.25) is 9.59 Å². The lowest BCUT2D eigenvalue weighted by Crippen LogP contribution is -2.27. The van der Waals surface area contributed by atoms with Gasteiger partial charge in [-0.1, -0.05) is 21.3 Å². The van der Waals surface area contributed by atoms with Crippen LogP contribution in [-0.2, 0) is 14.3 Å². The van der Waals surface area contributed by atoms with Crippen LogP contribution in [0.2, 0.25) is 0 Å². The van der Waals surface area contributed by atoms with Crippen LogP contribution in [0.15, 0.2) is 0 Å². The predicted molar refractivity (Wildman–Crippen MR) is 67.8 cm³/mol. The molecule has 0 aliphatic carbocycles. The molecule has 0 aliphatic heterocycles. The molecule has 0 saturated heterocycles. The van der Waals surface area contributed by atoms with E-state index in [1.165, 1.54) is 0 Å². The Bertz CT molecular complexity index is 251. The quantitative estimate of drug-likeness (QED) is 0.757. The van der Waals surface area contributed by atoms with E-state index in [4.69, 9.17) is 9.84 Å². The van der Waals surface area contributed by atoms with E-state index in [0.29, 0.717) is 6.42 Å². The van der Waals surface area contributed by atoms with Crippen LogP contribution in [-0.4, -0.2) is 22.6 Å². The molecule has 0 radical (unpaired) electrons. The van der Waals surface area contributed by atoms with Crippen molar-refractivity contribution in [3.05, 3.63) is 0 Å². The number of ether oxygens (including phenoxy) is 1. The molecule has 0 bridgehead atoms. The summed E-state index contributed by atoms with van der Waals surface area (Å²) in [6, 6.07) is 0. The van der Waals surface area contributed by atoms with Gasteiger partial charge in [0.15, 0.2) is 0 Å². The molecule has 0 saturated carbocycles. The van der Waals surface area contributed by atoms with E-state index in [0.717, 1.165) is 0 Å². The number of carbonyl (C=O) groups is 2. The minimum atomic E-state index is -0.931. The maximum Gasteiger partial charge on any atom is 0.307 e. The van der Waals surface area contributed by atoms with Crippen molar-refractivity contribution >= 4 is 11.9 Å². The van der Waals surface area contributed by atoms with Crippen molar-refractivity contribution < 1.29 is 19.4 Å². The number of hydrogen-bond donors (Lipinski definition) is 1. The van der Waals surface area contributed by atoms with Gasteiger partial charge in [0, 0.05) is 0 Å². The van der Waals surface area contributed by atoms with E-state index >= 15 is 0 Å². The second kappa shape index (κ2) is 7.30. The van der Waals surface area contributed by atoms with Gasteiger partial charge in [0.1, 0.15) is 5.60 Å². The molecular formula is C13H26O4. The summed E-state index contributed by atoms with van der Waals surface area (Å²) in [5, 5.41) is 8.96. The number of rotatable bonds is 5. The van der Waals surface area contributed by atoms with Gasteiger partial charge in [-0.2, -0.15) is 0 Å². The van der Waals surface area contributed by atoms with Gasteiger partial charge in [0.2, 0.25) is 0 Å². The zero-order chi connectivity index (χ0) is 12.9. The lowest BCUT2D eigenvalue weighted by atomic mass is 9.94. The molecule has 0 aromatic rings. The smallest absolute Gasteiger partial charge is 0.307 e. The van der Waals surface area contributed by atoms with E-state index in [1.807, 2.05) is 13.8 Å². The average molecular weight is 246 g/mol. The van der Waals surface area contributed by atoms with Crippen LogP contribution >= 0.6 is 0 Å². The Balaban J connectivity index is 0. The SMILES string of the molecule is C.CC(C)C[C@H](CC(=O)OC(C)(C)C)C(=O)O. The topological polar surface area (TPSA) is 63.6 Å². The summed E-state index contributed by atoms with van der Waals surface area (Å²) >= 11 is 0. The van der Waals surface area contributed by atoms with Crippen molar-refractivity contribution in [3.8, 4) is 0 Å². The number of carboxylic acids is 1. The Hall–Kier alpha value is -1.06. The third-order valence-electron chi connectivity index (χ3n) is 1.94. The van der Waals surface area contributed by atoms with Gasteiger partial charge in [-0.15, -0.1) is 0 Å². The van der Waals surface area contributed by atoms with Crippen molar-refractivity contribution in [1.29, 1.82) is 0 Å². The van der Waals surface area contributed by atoms with Crippen molar-refractivity contribution in [2.45, 2.75) is 60.5 Å². The first-order valence-electron chi connectivity index (χ1n) is 5.56. The third-order valence-corrected chi connectivity index (χ3v) is 1.94. The summed E-state index contributed by atoms with van der Waals surface area (Å²) in [6.07, 6.45) is 0.444. The van der Waals surface area contributed by atoms with E-state index < -0.39 is 23.5 Å². The molecule has 0 rings (SSSR count). The summed E-state index contributed by atoms with van der Waals surface area (Å²) < 4.78 is 5.10. The van der Waals surface area contributed by atoms with Crippen LogP contribution in [0.3, 0.4) is 0 Å². The monoisotopic (exact) mass is 246 g/mol. The van der Waals surface area contributed by atoms with E-state index in [2.05, 4.69) is 0 Å². The molecular weight excluding hydrogens is 220 g/mol. The Labute approximate surface area is 104 Å². The van der Waals surface area contributed by atoms with Gasteiger partial charge in [-0.25, -0.2) is 0 Å². The van der Waals surface area contributed by atoms with E-state index in [1.54, 1.807) is 20.8 Å². The number of carboxylic acid groups (broad SMARTS) is 1. The molecule has 1 N–H and O–H groups in total. The molecule has 17 heavy (non-hydrogen) atoms. The molecule has 0 fully saturated rings. The molecule has 0 heterocycles. The Morgan fingerprint density at radius 3 is 2.00 bits per heavy atom. The van der Waals surface area contributed by atoms with Crippen LogP contribution < -0.4 is 0 Å². The zero-order valence-electron chi connectivity index (χ0n) is 10.7. The number of aliphatic carboxylic acids is 1. The van der Waals surface area contributed by atoms with Crippen molar-refractivity contribution in [3.63, 3.8) is 0 Å². The fourth-order valence-electron chi connectivity index (χ4n) is 1.42. The highest BCUT2D eigenvalue weighted by Crippen LogP contribution is 2.18. The fourth-order valence-corrected chi connectivity index (χ4v) is 1.42.